The summed E-state index contributed by atoms with van der Waals surface area (Å²) >= 11 is 5.67. The number of aromatic amines is 1. The molecule has 5 nitrogen and oxygen atoms in total. The number of halogens is 1. The maximum Gasteiger partial charge on any atom is 0.266 e. The van der Waals surface area contributed by atoms with Crippen molar-refractivity contribution >= 4 is 21.6 Å². The lowest BCUT2D eigenvalue weighted by molar-refractivity contribution is 0.387. The zero-order valence-corrected chi connectivity index (χ0v) is 12.3. The molecule has 106 valence electrons. The number of hydrogen-bond acceptors (Lipinski definition) is 3. The average Bonchev–Trinajstić information content (AvgIpc) is 2.85. The van der Waals surface area contributed by atoms with Crippen molar-refractivity contribution in [2.45, 2.75) is 30.6 Å². The Hall–Kier alpha value is -0.850. The third-order valence-electron chi connectivity index (χ3n) is 3.53. The van der Waals surface area contributed by atoms with Crippen LogP contribution < -0.4 is 5.56 Å². The third kappa shape index (κ3) is 3.19. The molecular weight excluding hydrogens is 288 g/mol. The number of pyridine rings is 1. The molecule has 2 rings (SSSR count). The molecule has 1 aliphatic carbocycles. The molecule has 1 aliphatic rings. The van der Waals surface area contributed by atoms with E-state index in [1.807, 2.05) is 0 Å². The van der Waals surface area contributed by atoms with E-state index < -0.39 is 15.6 Å². The second kappa shape index (κ2) is 5.64. The number of H-pyrrole nitrogens is 1. The fourth-order valence-corrected chi connectivity index (χ4v) is 3.90. The van der Waals surface area contributed by atoms with Crippen LogP contribution in [0.15, 0.2) is 22.0 Å². The fraction of sp³-hybridized carbons (Fsp3) is 0.583. The van der Waals surface area contributed by atoms with Crippen LogP contribution in [0.3, 0.4) is 0 Å². The predicted octanol–water partition coefficient (Wildman–Crippen LogP) is 1.84. The zero-order valence-electron chi connectivity index (χ0n) is 10.7. The van der Waals surface area contributed by atoms with Crippen molar-refractivity contribution < 1.29 is 8.42 Å². The van der Waals surface area contributed by atoms with E-state index in [0.29, 0.717) is 12.5 Å². The van der Waals surface area contributed by atoms with Crippen LogP contribution in [0.1, 0.15) is 25.7 Å². The van der Waals surface area contributed by atoms with Crippen molar-refractivity contribution in [1.82, 2.24) is 9.29 Å². The van der Waals surface area contributed by atoms with Gasteiger partial charge in [-0.2, -0.15) is 0 Å². The van der Waals surface area contributed by atoms with Gasteiger partial charge in [-0.3, -0.25) is 4.79 Å². The van der Waals surface area contributed by atoms with E-state index in [2.05, 4.69) is 4.98 Å². The third-order valence-corrected chi connectivity index (χ3v) is 5.61. The Morgan fingerprint density at radius 3 is 2.63 bits per heavy atom. The lowest BCUT2D eigenvalue weighted by Crippen LogP contribution is -2.31. The highest BCUT2D eigenvalue weighted by Gasteiger charge is 2.26. The SMILES string of the molecule is CN(CC1CCCC1)S(=O)(=O)c1c[nH]c(=O)c(Cl)c1. The van der Waals surface area contributed by atoms with Gasteiger partial charge in [0.2, 0.25) is 10.0 Å². The van der Waals surface area contributed by atoms with Crippen LogP contribution in [0.4, 0.5) is 0 Å². The largest absolute Gasteiger partial charge is 0.326 e. The van der Waals surface area contributed by atoms with Gasteiger partial charge in [-0.1, -0.05) is 24.4 Å². The van der Waals surface area contributed by atoms with Crippen LogP contribution in [-0.4, -0.2) is 31.3 Å². The van der Waals surface area contributed by atoms with E-state index in [1.54, 1.807) is 7.05 Å². The molecule has 0 bridgehead atoms. The summed E-state index contributed by atoms with van der Waals surface area (Å²) in [4.78, 5) is 13.5. The van der Waals surface area contributed by atoms with Crippen molar-refractivity contribution in [1.29, 1.82) is 0 Å². The maximum atomic E-state index is 12.3. The molecule has 19 heavy (non-hydrogen) atoms. The molecule has 0 unspecified atom stereocenters. The maximum absolute atomic E-state index is 12.3. The van der Waals surface area contributed by atoms with Crippen molar-refractivity contribution in [2.24, 2.45) is 5.92 Å². The summed E-state index contributed by atoms with van der Waals surface area (Å²) in [7, 11) is -2.02. The van der Waals surface area contributed by atoms with Crippen molar-refractivity contribution in [2.75, 3.05) is 13.6 Å². The van der Waals surface area contributed by atoms with Gasteiger partial charge in [-0.25, -0.2) is 12.7 Å². The first-order valence-corrected chi connectivity index (χ1v) is 8.07. The topological polar surface area (TPSA) is 70.2 Å². The van der Waals surface area contributed by atoms with Crippen LogP contribution in [0, 0.1) is 5.92 Å². The molecule has 0 amide bonds. The summed E-state index contributed by atoms with van der Waals surface area (Å²) in [5.74, 6) is 0.429. The molecule has 0 aromatic carbocycles. The Balaban J connectivity index is 2.20. The summed E-state index contributed by atoms with van der Waals surface area (Å²) < 4.78 is 26.0. The van der Waals surface area contributed by atoms with E-state index in [4.69, 9.17) is 11.6 Å². The van der Waals surface area contributed by atoms with Crippen LogP contribution >= 0.6 is 11.6 Å². The van der Waals surface area contributed by atoms with Crippen molar-refractivity contribution in [3.05, 3.63) is 27.6 Å². The second-order valence-corrected chi connectivity index (χ2v) is 7.40. The minimum absolute atomic E-state index is 0.0256. The number of sulfonamides is 1. The van der Waals surface area contributed by atoms with Gasteiger partial charge >= 0.3 is 0 Å². The van der Waals surface area contributed by atoms with Gasteiger partial charge in [0.25, 0.3) is 5.56 Å². The highest BCUT2D eigenvalue weighted by molar-refractivity contribution is 7.89. The Bertz CT molecular complexity index is 606. The standard InChI is InChI=1S/C12H17ClN2O3S/c1-15(8-9-4-2-3-5-9)19(17,18)10-6-11(13)12(16)14-7-10/h6-7,9H,2-5,8H2,1H3,(H,14,16). The van der Waals surface area contributed by atoms with Crippen LogP contribution in [0.25, 0.3) is 0 Å². The Morgan fingerprint density at radius 2 is 2.05 bits per heavy atom. The molecule has 1 N–H and O–H groups in total. The normalized spacial score (nSPS) is 17.2. The van der Waals surface area contributed by atoms with E-state index in [1.165, 1.54) is 29.4 Å². The summed E-state index contributed by atoms with van der Waals surface area (Å²) in [5, 5.41) is -0.115. The molecule has 1 aromatic heterocycles. The number of aromatic nitrogens is 1. The van der Waals surface area contributed by atoms with Crippen molar-refractivity contribution in [3.63, 3.8) is 0 Å². The molecule has 0 saturated heterocycles. The van der Waals surface area contributed by atoms with Crippen LogP contribution in [0.2, 0.25) is 5.02 Å². The highest BCUT2D eigenvalue weighted by atomic mass is 35.5. The molecular formula is C12H17ClN2O3S. The summed E-state index contributed by atoms with van der Waals surface area (Å²) in [6.45, 7) is 0.513. The van der Waals surface area contributed by atoms with Gasteiger partial charge in [-0.15, -0.1) is 0 Å². The fourth-order valence-electron chi connectivity index (χ4n) is 2.42. The smallest absolute Gasteiger partial charge is 0.266 e. The van der Waals surface area contributed by atoms with E-state index >= 15 is 0 Å². The molecule has 0 aliphatic heterocycles. The van der Waals surface area contributed by atoms with Gasteiger partial charge in [0, 0.05) is 19.8 Å². The summed E-state index contributed by atoms with van der Waals surface area (Å²) in [6.07, 6.45) is 5.68. The first kappa shape index (κ1) is 14.6. The zero-order chi connectivity index (χ0) is 14.0. The van der Waals surface area contributed by atoms with Gasteiger partial charge in [0.05, 0.1) is 4.90 Å². The number of hydrogen-bond donors (Lipinski definition) is 1. The average molecular weight is 305 g/mol. The molecule has 1 heterocycles. The first-order valence-electron chi connectivity index (χ1n) is 6.26. The van der Waals surface area contributed by atoms with Gasteiger partial charge in [-0.05, 0) is 24.8 Å². The molecule has 0 radical (unpaired) electrons. The van der Waals surface area contributed by atoms with E-state index in [0.717, 1.165) is 12.8 Å². The highest BCUT2D eigenvalue weighted by Crippen LogP contribution is 2.27. The summed E-state index contributed by atoms with van der Waals surface area (Å²) in [5.41, 5.74) is -0.487. The molecule has 0 spiro atoms. The number of nitrogens with one attached hydrogen (secondary N) is 1. The van der Waals surface area contributed by atoms with Gasteiger partial charge in [0.15, 0.2) is 0 Å². The molecule has 1 saturated carbocycles. The molecule has 1 fully saturated rings. The Morgan fingerprint density at radius 1 is 1.42 bits per heavy atom. The van der Waals surface area contributed by atoms with Crippen LogP contribution in [0.5, 0.6) is 0 Å². The molecule has 1 aromatic rings. The number of rotatable bonds is 4. The van der Waals surface area contributed by atoms with E-state index in [-0.39, 0.29) is 9.92 Å². The Kier molecular flexibility index (Phi) is 4.32. The quantitative estimate of drug-likeness (QED) is 0.922. The summed E-state index contributed by atoms with van der Waals surface area (Å²) in [6, 6.07) is 1.20. The number of nitrogens with zero attached hydrogens (tertiary/aromatic N) is 1. The van der Waals surface area contributed by atoms with E-state index in [9.17, 15) is 13.2 Å². The first-order chi connectivity index (χ1) is 8.91. The lowest BCUT2D eigenvalue weighted by atomic mass is 10.1. The minimum Gasteiger partial charge on any atom is -0.326 e. The van der Waals surface area contributed by atoms with Crippen LogP contribution in [-0.2, 0) is 10.0 Å². The van der Waals surface area contributed by atoms with Gasteiger partial charge in [0.1, 0.15) is 5.02 Å². The minimum atomic E-state index is -3.59. The van der Waals surface area contributed by atoms with Gasteiger partial charge < -0.3 is 4.98 Å². The predicted molar refractivity (Wildman–Crippen MR) is 73.8 cm³/mol. The molecule has 7 heteroatoms. The van der Waals surface area contributed by atoms with Crippen molar-refractivity contribution in [3.8, 4) is 0 Å². The molecule has 0 atom stereocenters. The second-order valence-electron chi connectivity index (χ2n) is 4.95. The monoisotopic (exact) mass is 304 g/mol. The Labute approximate surface area is 117 Å². The lowest BCUT2D eigenvalue weighted by Gasteiger charge is -2.20.